The van der Waals surface area contributed by atoms with Gasteiger partial charge in [0.1, 0.15) is 6.33 Å². The number of nitrogen functional groups attached to an aromatic ring is 1. The van der Waals surface area contributed by atoms with Crippen molar-refractivity contribution in [3.63, 3.8) is 0 Å². The van der Waals surface area contributed by atoms with Crippen molar-refractivity contribution in [2.75, 3.05) is 11.1 Å². The van der Waals surface area contributed by atoms with E-state index in [9.17, 15) is 0 Å². The molecule has 4 nitrogen and oxygen atoms in total. The second-order valence-electron chi connectivity index (χ2n) is 3.11. The van der Waals surface area contributed by atoms with E-state index >= 15 is 0 Å². The van der Waals surface area contributed by atoms with E-state index in [4.69, 9.17) is 28.9 Å². The first-order valence-corrected chi connectivity index (χ1v) is 5.19. The molecule has 2 rings (SSSR count). The van der Waals surface area contributed by atoms with Crippen LogP contribution in [-0.4, -0.2) is 9.97 Å². The molecule has 16 heavy (non-hydrogen) atoms. The van der Waals surface area contributed by atoms with E-state index in [1.165, 1.54) is 12.5 Å². The summed E-state index contributed by atoms with van der Waals surface area (Å²) in [6.07, 6.45) is 2.92. The summed E-state index contributed by atoms with van der Waals surface area (Å²) >= 11 is 11.7. The number of nitrogens with one attached hydrogen (secondary N) is 1. The number of nitrogens with zero attached hydrogens (tertiary/aromatic N) is 2. The lowest BCUT2D eigenvalue weighted by molar-refractivity contribution is 1.17. The molecule has 0 saturated heterocycles. The summed E-state index contributed by atoms with van der Waals surface area (Å²) < 4.78 is 0. The maximum absolute atomic E-state index is 5.87. The Kier molecular flexibility index (Phi) is 3.12. The number of hydrogen-bond acceptors (Lipinski definition) is 4. The van der Waals surface area contributed by atoms with Gasteiger partial charge in [-0.15, -0.1) is 0 Å². The van der Waals surface area contributed by atoms with Gasteiger partial charge in [0.15, 0.2) is 5.82 Å². The first kappa shape index (κ1) is 11.0. The van der Waals surface area contributed by atoms with Gasteiger partial charge in [-0.05, 0) is 18.2 Å². The molecule has 82 valence electrons. The lowest BCUT2D eigenvalue weighted by atomic mass is 10.3. The monoisotopic (exact) mass is 254 g/mol. The third kappa shape index (κ3) is 2.53. The molecule has 2 aromatic rings. The molecule has 0 aliphatic carbocycles. The summed E-state index contributed by atoms with van der Waals surface area (Å²) in [7, 11) is 0. The Morgan fingerprint density at radius 3 is 2.44 bits per heavy atom. The van der Waals surface area contributed by atoms with Gasteiger partial charge in [0.05, 0.1) is 11.9 Å². The van der Waals surface area contributed by atoms with Crippen LogP contribution in [0, 0.1) is 0 Å². The number of nitrogens with two attached hydrogens (primary N) is 1. The van der Waals surface area contributed by atoms with Gasteiger partial charge in [-0.2, -0.15) is 0 Å². The van der Waals surface area contributed by atoms with Crippen molar-refractivity contribution < 1.29 is 0 Å². The molecule has 0 radical (unpaired) electrons. The number of halogens is 2. The van der Waals surface area contributed by atoms with Crippen LogP contribution in [0.3, 0.4) is 0 Å². The van der Waals surface area contributed by atoms with Crippen LogP contribution in [0.25, 0.3) is 0 Å². The Labute approximate surface area is 102 Å². The molecule has 0 unspecified atom stereocenters. The van der Waals surface area contributed by atoms with E-state index < -0.39 is 0 Å². The Morgan fingerprint density at radius 2 is 1.81 bits per heavy atom. The fourth-order valence-corrected chi connectivity index (χ4v) is 1.73. The molecular formula is C10H8Cl2N4. The number of aromatic nitrogens is 2. The zero-order valence-electron chi connectivity index (χ0n) is 8.11. The van der Waals surface area contributed by atoms with Crippen LogP contribution in [-0.2, 0) is 0 Å². The number of anilines is 3. The highest BCUT2D eigenvalue weighted by Crippen LogP contribution is 2.25. The summed E-state index contributed by atoms with van der Waals surface area (Å²) in [5.41, 5.74) is 6.87. The van der Waals surface area contributed by atoms with Crippen LogP contribution in [0.4, 0.5) is 17.2 Å². The maximum atomic E-state index is 5.87. The van der Waals surface area contributed by atoms with Crippen molar-refractivity contribution >= 4 is 40.4 Å². The molecule has 1 aromatic heterocycles. The smallest absolute Gasteiger partial charge is 0.157 e. The Hall–Kier alpha value is -1.52. The number of benzene rings is 1. The molecule has 0 bridgehead atoms. The van der Waals surface area contributed by atoms with Crippen LogP contribution < -0.4 is 11.1 Å². The van der Waals surface area contributed by atoms with E-state index in [0.717, 1.165) is 5.69 Å². The molecule has 0 aliphatic heterocycles. The van der Waals surface area contributed by atoms with Gasteiger partial charge >= 0.3 is 0 Å². The molecule has 0 saturated carbocycles. The normalized spacial score (nSPS) is 10.1. The van der Waals surface area contributed by atoms with Crippen LogP contribution >= 0.6 is 23.2 Å². The lowest BCUT2D eigenvalue weighted by Crippen LogP contribution is -1.99. The van der Waals surface area contributed by atoms with Crippen LogP contribution in [0.1, 0.15) is 0 Å². The molecule has 6 heteroatoms. The van der Waals surface area contributed by atoms with E-state index in [2.05, 4.69) is 15.3 Å². The quantitative estimate of drug-likeness (QED) is 0.865. The topological polar surface area (TPSA) is 63.8 Å². The highest BCUT2D eigenvalue weighted by atomic mass is 35.5. The van der Waals surface area contributed by atoms with Crippen molar-refractivity contribution in [1.29, 1.82) is 0 Å². The third-order valence-corrected chi connectivity index (χ3v) is 2.30. The molecule has 0 aliphatic rings. The second-order valence-corrected chi connectivity index (χ2v) is 3.98. The molecule has 1 aromatic carbocycles. The van der Waals surface area contributed by atoms with E-state index in [1.807, 2.05) is 0 Å². The van der Waals surface area contributed by atoms with E-state index in [1.54, 1.807) is 18.2 Å². The zero-order chi connectivity index (χ0) is 11.5. The molecule has 0 fully saturated rings. The fraction of sp³-hybridized carbons (Fsp3) is 0. The van der Waals surface area contributed by atoms with Gasteiger partial charge in [0.2, 0.25) is 0 Å². The van der Waals surface area contributed by atoms with Crippen molar-refractivity contribution in [1.82, 2.24) is 9.97 Å². The van der Waals surface area contributed by atoms with Gasteiger partial charge in [-0.3, -0.25) is 0 Å². The van der Waals surface area contributed by atoms with Gasteiger partial charge in [-0.1, -0.05) is 23.2 Å². The van der Waals surface area contributed by atoms with Gasteiger partial charge < -0.3 is 11.1 Å². The van der Waals surface area contributed by atoms with E-state index in [0.29, 0.717) is 21.6 Å². The highest BCUT2D eigenvalue weighted by molar-refractivity contribution is 6.35. The van der Waals surface area contributed by atoms with Crippen molar-refractivity contribution in [3.8, 4) is 0 Å². The van der Waals surface area contributed by atoms with Crippen molar-refractivity contribution in [2.45, 2.75) is 0 Å². The fourth-order valence-electron chi connectivity index (χ4n) is 1.21. The van der Waals surface area contributed by atoms with Gasteiger partial charge in [0.25, 0.3) is 0 Å². The summed E-state index contributed by atoms with van der Waals surface area (Å²) in [4.78, 5) is 7.79. The summed E-state index contributed by atoms with van der Waals surface area (Å²) in [5, 5.41) is 4.10. The Balaban J connectivity index is 2.30. The molecule has 0 amide bonds. The second kappa shape index (κ2) is 4.55. The highest BCUT2D eigenvalue weighted by Gasteiger charge is 2.02. The van der Waals surface area contributed by atoms with E-state index in [-0.39, 0.29) is 0 Å². The third-order valence-electron chi connectivity index (χ3n) is 1.87. The number of rotatable bonds is 2. The molecule has 0 atom stereocenters. The predicted octanol–water partition coefficient (Wildman–Crippen LogP) is 3.11. The van der Waals surface area contributed by atoms with Gasteiger partial charge in [-0.25, -0.2) is 9.97 Å². The van der Waals surface area contributed by atoms with Gasteiger partial charge in [0, 0.05) is 15.7 Å². The first-order chi connectivity index (χ1) is 7.65. The lowest BCUT2D eigenvalue weighted by Gasteiger charge is -2.08. The average molecular weight is 255 g/mol. The summed E-state index contributed by atoms with van der Waals surface area (Å²) in [6, 6.07) is 5.11. The largest absolute Gasteiger partial charge is 0.394 e. The Bertz CT molecular complexity index is 496. The predicted molar refractivity (Wildman–Crippen MR) is 66.2 cm³/mol. The molecule has 1 heterocycles. The zero-order valence-corrected chi connectivity index (χ0v) is 9.63. The van der Waals surface area contributed by atoms with Crippen LogP contribution in [0.5, 0.6) is 0 Å². The van der Waals surface area contributed by atoms with Crippen LogP contribution in [0.2, 0.25) is 10.0 Å². The van der Waals surface area contributed by atoms with Crippen LogP contribution in [0.15, 0.2) is 30.7 Å². The number of hydrogen-bond donors (Lipinski definition) is 2. The molecular weight excluding hydrogens is 247 g/mol. The average Bonchev–Trinajstić information content (AvgIpc) is 2.20. The minimum Gasteiger partial charge on any atom is -0.394 e. The Morgan fingerprint density at radius 1 is 1.12 bits per heavy atom. The summed E-state index contributed by atoms with van der Waals surface area (Å²) in [6.45, 7) is 0. The first-order valence-electron chi connectivity index (χ1n) is 4.44. The standard InChI is InChI=1S/C10H8Cl2N4/c11-6-1-7(12)3-8(2-6)16-10-9(13)4-14-5-15-10/h1-5H,13H2,(H,14,15,16). The molecule has 0 spiro atoms. The SMILES string of the molecule is Nc1cncnc1Nc1cc(Cl)cc(Cl)c1. The maximum Gasteiger partial charge on any atom is 0.157 e. The summed E-state index contributed by atoms with van der Waals surface area (Å²) in [5.74, 6) is 0.522. The molecule has 3 N–H and O–H groups in total. The minimum absolute atomic E-state index is 0.457. The van der Waals surface area contributed by atoms with Crippen molar-refractivity contribution in [3.05, 3.63) is 40.8 Å². The minimum atomic E-state index is 0.457. The van der Waals surface area contributed by atoms with Crippen molar-refractivity contribution in [2.24, 2.45) is 0 Å².